The zero-order valence-corrected chi connectivity index (χ0v) is 8.23. The number of alkyl halides is 2. The van der Waals surface area contributed by atoms with Gasteiger partial charge in [-0.2, -0.15) is 5.10 Å². The molecule has 0 radical (unpaired) electrons. The van der Waals surface area contributed by atoms with Gasteiger partial charge in [-0.05, 0) is 0 Å². The average molecular weight is 218 g/mol. The molecule has 0 unspecified atom stereocenters. The predicted octanol–water partition coefficient (Wildman–Crippen LogP) is 0.189. The molecule has 0 aliphatic rings. The maximum Gasteiger partial charge on any atom is 0.255 e. The van der Waals surface area contributed by atoms with Crippen molar-refractivity contribution >= 4 is 11.6 Å². The Balaban J connectivity index is 2.48. The van der Waals surface area contributed by atoms with Crippen LogP contribution in [0.5, 0.6) is 0 Å². The normalized spacial score (nSPS) is 10.7. The highest BCUT2D eigenvalue weighted by molar-refractivity contribution is 5.75. The molecule has 1 aromatic heterocycles. The zero-order chi connectivity index (χ0) is 11.4. The molecule has 0 atom stereocenters. The Morgan fingerprint density at radius 1 is 1.73 bits per heavy atom. The van der Waals surface area contributed by atoms with Gasteiger partial charge in [-0.15, -0.1) is 0 Å². The molecule has 7 heteroatoms. The first-order chi connectivity index (χ1) is 6.99. The number of rotatable bonds is 4. The van der Waals surface area contributed by atoms with Crippen LogP contribution in [0, 0.1) is 0 Å². The summed E-state index contributed by atoms with van der Waals surface area (Å²) in [5, 5.41) is 3.77. The van der Waals surface area contributed by atoms with Crippen LogP contribution in [0.2, 0.25) is 0 Å². The van der Waals surface area contributed by atoms with Crippen LogP contribution in [-0.4, -0.2) is 40.6 Å². The van der Waals surface area contributed by atoms with Crippen molar-refractivity contribution in [3.05, 3.63) is 12.4 Å². The van der Waals surface area contributed by atoms with E-state index >= 15 is 0 Å². The maximum atomic E-state index is 12.0. The van der Waals surface area contributed by atoms with E-state index in [2.05, 4.69) is 5.10 Å². The summed E-state index contributed by atoms with van der Waals surface area (Å²) in [6.45, 7) is -0.657. The molecule has 0 aliphatic carbocycles. The Labute approximate surface area is 85.5 Å². The van der Waals surface area contributed by atoms with Gasteiger partial charge in [0.15, 0.2) is 0 Å². The molecule has 15 heavy (non-hydrogen) atoms. The second kappa shape index (κ2) is 4.72. The Morgan fingerprint density at radius 2 is 2.40 bits per heavy atom. The highest BCUT2D eigenvalue weighted by atomic mass is 19.3. The number of aromatic nitrogens is 2. The number of nitrogens with two attached hydrogens (primary N) is 1. The lowest BCUT2D eigenvalue weighted by atomic mass is 10.5. The van der Waals surface area contributed by atoms with E-state index in [0.717, 1.165) is 4.90 Å². The van der Waals surface area contributed by atoms with Crippen molar-refractivity contribution in [1.82, 2.24) is 14.7 Å². The topological polar surface area (TPSA) is 64.2 Å². The zero-order valence-electron chi connectivity index (χ0n) is 8.23. The molecule has 1 heterocycles. The predicted molar refractivity (Wildman–Crippen MR) is 50.3 cm³/mol. The van der Waals surface area contributed by atoms with Crippen LogP contribution in [0.1, 0.15) is 0 Å². The van der Waals surface area contributed by atoms with Crippen LogP contribution in [-0.2, 0) is 11.3 Å². The molecular formula is C8H12F2N4O. The number of carbonyl (C=O) groups excluding carboxylic acids is 1. The smallest absolute Gasteiger partial charge is 0.255 e. The largest absolute Gasteiger partial charge is 0.396 e. The van der Waals surface area contributed by atoms with E-state index < -0.39 is 18.9 Å². The van der Waals surface area contributed by atoms with Gasteiger partial charge in [0, 0.05) is 13.2 Å². The minimum atomic E-state index is -2.53. The molecule has 0 saturated carbocycles. The van der Waals surface area contributed by atoms with E-state index in [4.69, 9.17) is 5.73 Å². The summed E-state index contributed by atoms with van der Waals surface area (Å²) in [6.07, 6.45) is 0.329. The number of nitrogens with zero attached hydrogens (tertiary/aromatic N) is 3. The van der Waals surface area contributed by atoms with Crippen LogP contribution >= 0.6 is 0 Å². The average Bonchev–Trinajstić information content (AvgIpc) is 2.50. The highest BCUT2D eigenvalue weighted by Gasteiger charge is 2.14. The van der Waals surface area contributed by atoms with E-state index in [-0.39, 0.29) is 6.54 Å². The molecule has 0 bridgehead atoms. The Morgan fingerprint density at radius 3 is 2.87 bits per heavy atom. The number of hydrogen-bond donors (Lipinski definition) is 1. The van der Waals surface area contributed by atoms with Crippen molar-refractivity contribution in [2.24, 2.45) is 0 Å². The van der Waals surface area contributed by atoms with E-state index in [1.165, 1.54) is 24.1 Å². The molecule has 1 aromatic rings. The number of anilines is 1. The van der Waals surface area contributed by atoms with Crippen molar-refractivity contribution in [3.8, 4) is 0 Å². The van der Waals surface area contributed by atoms with Crippen LogP contribution < -0.4 is 5.73 Å². The molecule has 84 valence electrons. The molecule has 0 spiro atoms. The van der Waals surface area contributed by atoms with Crippen LogP contribution in [0.25, 0.3) is 0 Å². The summed E-state index contributed by atoms with van der Waals surface area (Å²) in [6, 6.07) is 0. The highest BCUT2D eigenvalue weighted by Crippen LogP contribution is 2.00. The number of amides is 1. The van der Waals surface area contributed by atoms with Gasteiger partial charge in [0.25, 0.3) is 6.43 Å². The van der Waals surface area contributed by atoms with E-state index in [9.17, 15) is 13.6 Å². The van der Waals surface area contributed by atoms with Crippen molar-refractivity contribution in [2.45, 2.75) is 13.0 Å². The number of likely N-dealkylation sites (N-methyl/N-ethyl adjacent to an activating group) is 1. The molecule has 5 nitrogen and oxygen atoms in total. The molecule has 0 fully saturated rings. The Kier molecular flexibility index (Phi) is 3.59. The van der Waals surface area contributed by atoms with Gasteiger partial charge in [-0.1, -0.05) is 0 Å². The minimum Gasteiger partial charge on any atom is -0.396 e. The first-order valence-electron chi connectivity index (χ1n) is 4.29. The lowest BCUT2D eigenvalue weighted by molar-refractivity contribution is -0.132. The van der Waals surface area contributed by atoms with Crippen molar-refractivity contribution in [3.63, 3.8) is 0 Å². The van der Waals surface area contributed by atoms with E-state index in [1.54, 1.807) is 0 Å². The van der Waals surface area contributed by atoms with Gasteiger partial charge in [-0.25, -0.2) is 8.78 Å². The summed E-state index contributed by atoms with van der Waals surface area (Å²) in [4.78, 5) is 12.3. The summed E-state index contributed by atoms with van der Waals surface area (Å²) < 4.78 is 25.2. The number of hydrogen-bond acceptors (Lipinski definition) is 3. The number of halogens is 2. The molecular weight excluding hydrogens is 206 g/mol. The standard InChI is InChI=1S/C8H12F2N4O/c1-13(4-7(9)10)8(15)5-14-3-6(11)2-12-14/h2-3,7H,4-5,11H2,1H3. The van der Waals surface area contributed by atoms with Gasteiger partial charge in [-0.3, -0.25) is 9.48 Å². The summed E-state index contributed by atoms with van der Waals surface area (Å²) in [7, 11) is 1.32. The van der Waals surface area contributed by atoms with Crippen molar-refractivity contribution in [2.75, 3.05) is 19.3 Å². The summed E-state index contributed by atoms with van der Waals surface area (Å²) in [5.41, 5.74) is 5.81. The third-order valence-electron chi connectivity index (χ3n) is 1.79. The monoisotopic (exact) mass is 218 g/mol. The lowest BCUT2D eigenvalue weighted by Gasteiger charge is -2.16. The van der Waals surface area contributed by atoms with Crippen LogP contribution in [0.3, 0.4) is 0 Å². The van der Waals surface area contributed by atoms with E-state index in [1.807, 2.05) is 0 Å². The molecule has 1 rings (SSSR count). The van der Waals surface area contributed by atoms with Crippen molar-refractivity contribution in [1.29, 1.82) is 0 Å². The fourth-order valence-electron chi connectivity index (χ4n) is 1.03. The van der Waals surface area contributed by atoms with Gasteiger partial charge in [0.05, 0.1) is 18.4 Å². The summed E-state index contributed by atoms with van der Waals surface area (Å²) >= 11 is 0. The third-order valence-corrected chi connectivity index (χ3v) is 1.79. The Bertz CT molecular complexity index is 339. The molecule has 0 aliphatic heterocycles. The molecule has 0 saturated heterocycles. The minimum absolute atomic E-state index is 0.0829. The number of nitrogen functional groups attached to an aromatic ring is 1. The quantitative estimate of drug-likeness (QED) is 0.784. The maximum absolute atomic E-state index is 12.0. The lowest BCUT2D eigenvalue weighted by Crippen LogP contribution is -2.34. The molecule has 0 aromatic carbocycles. The number of carbonyl (C=O) groups is 1. The van der Waals surface area contributed by atoms with Gasteiger partial charge in [0.2, 0.25) is 5.91 Å². The SMILES string of the molecule is CN(CC(F)F)C(=O)Cn1cc(N)cn1. The van der Waals surface area contributed by atoms with Gasteiger partial charge >= 0.3 is 0 Å². The van der Waals surface area contributed by atoms with Gasteiger partial charge < -0.3 is 10.6 Å². The third kappa shape index (κ3) is 3.53. The second-order valence-electron chi connectivity index (χ2n) is 3.14. The summed E-state index contributed by atoms with van der Waals surface area (Å²) in [5.74, 6) is -0.432. The van der Waals surface area contributed by atoms with Crippen molar-refractivity contribution < 1.29 is 13.6 Å². The van der Waals surface area contributed by atoms with Gasteiger partial charge in [0.1, 0.15) is 6.54 Å². The van der Waals surface area contributed by atoms with Crippen LogP contribution in [0.4, 0.5) is 14.5 Å². The molecule has 1 amide bonds. The van der Waals surface area contributed by atoms with Crippen LogP contribution in [0.15, 0.2) is 12.4 Å². The fraction of sp³-hybridized carbons (Fsp3) is 0.500. The fourth-order valence-corrected chi connectivity index (χ4v) is 1.03. The van der Waals surface area contributed by atoms with E-state index in [0.29, 0.717) is 5.69 Å². The second-order valence-corrected chi connectivity index (χ2v) is 3.14. The molecule has 2 N–H and O–H groups in total. The first-order valence-corrected chi connectivity index (χ1v) is 4.29. The first kappa shape index (κ1) is 11.4. The Hall–Kier alpha value is -1.66.